The van der Waals surface area contributed by atoms with E-state index in [1.165, 1.54) is 12.1 Å². The fourth-order valence-electron chi connectivity index (χ4n) is 1.08. The van der Waals surface area contributed by atoms with Crippen LogP contribution in [0.3, 0.4) is 0 Å². The number of anilines is 1. The fourth-order valence-corrected chi connectivity index (χ4v) is 1.68. The molecule has 1 aromatic carbocycles. The zero-order valence-corrected chi connectivity index (χ0v) is 11.0. The molecule has 0 unspecified atom stereocenters. The summed E-state index contributed by atoms with van der Waals surface area (Å²) in [6, 6.07) is 4.71. The Morgan fingerprint density at radius 1 is 1.56 bits per heavy atom. The molecule has 0 bridgehead atoms. The Morgan fingerprint density at radius 3 is 2.81 bits per heavy atom. The van der Waals surface area contributed by atoms with Crippen molar-refractivity contribution in [3.8, 4) is 0 Å². The van der Waals surface area contributed by atoms with Gasteiger partial charge in [0.25, 0.3) is 0 Å². The molecular formula is C10H11BrN2O2S. The lowest BCUT2D eigenvalue weighted by atomic mass is 10.2. The highest BCUT2D eigenvalue weighted by atomic mass is 79.9. The van der Waals surface area contributed by atoms with E-state index in [4.69, 9.17) is 17.3 Å². The summed E-state index contributed by atoms with van der Waals surface area (Å²) in [4.78, 5) is 10.8. The number of hydrogen-bond acceptors (Lipinski definition) is 2. The zero-order valence-electron chi connectivity index (χ0n) is 8.58. The van der Waals surface area contributed by atoms with E-state index in [1.807, 2.05) is 6.92 Å². The number of thiocarbonyl (C=S) groups is 1. The first-order chi connectivity index (χ1) is 7.54. The summed E-state index contributed by atoms with van der Waals surface area (Å²) in [6.07, 6.45) is 0. The van der Waals surface area contributed by atoms with E-state index in [2.05, 4.69) is 26.6 Å². The molecule has 0 saturated heterocycles. The Morgan fingerprint density at radius 2 is 2.25 bits per heavy atom. The van der Waals surface area contributed by atoms with Gasteiger partial charge in [-0.25, -0.2) is 4.79 Å². The van der Waals surface area contributed by atoms with Crippen molar-refractivity contribution in [3.05, 3.63) is 28.2 Å². The van der Waals surface area contributed by atoms with E-state index in [9.17, 15) is 4.79 Å². The predicted molar refractivity (Wildman–Crippen MR) is 71.0 cm³/mol. The molecule has 86 valence electrons. The van der Waals surface area contributed by atoms with Gasteiger partial charge in [0.1, 0.15) is 0 Å². The maximum atomic E-state index is 10.8. The summed E-state index contributed by atoms with van der Waals surface area (Å²) in [5.41, 5.74) is 0.843. The van der Waals surface area contributed by atoms with Crippen LogP contribution < -0.4 is 10.6 Å². The number of aromatic carboxylic acids is 1. The van der Waals surface area contributed by atoms with Gasteiger partial charge in [0.2, 0.25) is 0 Å². The summed E-state index contributed by atoms with van der Waals surface area (Å²) >= 11 is 8.33. The Kier molecular flexibility index (Phi) is 4.70. The van der Waals surface area contributed by atoms with Gasteiger partial charge in [-0.2, -0.15) is 0 Å². The van der Waals surface area contributed by atoms with Gasteiger partial charge in [-0.1, -0.05) is 0 Å². The van der Waals surface area contributed by atoms with Crippen molar-refractivity contribution in [1.29, 1.82) is 0 Å². The molecule has 0 aliphatic rings. The third-order valence-corrected chi connectivity index (χ3v) is 2.74. The normalized spacial score (nSPS) is 9.62. The average molecular weight is 303 g/mol. The number of carboxylic acids is 1. The molecule has 0 aliphatic carbocycles. The minimum Gasteiger partial charge on any atom is -0.478 e. The molecule has 1 rings (SSSR count). The van der Waals surface area contributed by atoms with Crippen LogP contribution in [0.15, 0.2) is 22.7 Å². The molecule has 16 heavy (non-hydrogen) atoms. The topological polar surface area (TPSA) is 61.4 Å². The molecule has 0 amide bonds. The summed E-state index contributed by atoms with van der Waals surface area (Å²) in [5, 5.41) is 15.1. The highest BCUT2D eigenvalue weighted by molar-refractivity contribution is 9.10. The molecule has 1 aromatic rings. The van der Waals surface area contributed by atoms with Gasteiger partial charge in [0, 0.05) is 11.0 Å². The van der Waals surface area contributed by atoms with Crippen molar-refractivity contribution in [2.24, 2.45) is 0 Å². The quantitative estimate of drug-likeness (QED) is 0.749. The second kappa shape index (κ2) is 5.81. The number of hydrogen-bond donors (Lipinski definition) is 3. The van der Waals surface area contributed by atoms with Gasteiger partial charge in [0.15, 0.2) is 5.11 Å². The average Bonchev–Trinajstić information content (AvgIpc) is 2.21. The smallest absolute Gasteiger partial charge is 0.335 e. The first-order valence-electron chi connectivity index (χ1n) is 4.62. The van der Waals surface area contributed by atoms with Crippen molar-refractivity contribution in [3.63, 3.8) is 0 Å². The highest BCUT2D eigenvalue weighted by Gasteiger charge is 2.07. The summed E-state index contributed by atoms with van der Waals surface area (Å²) in [7, 11) is 0. The first-order valence-corrected chi connectivity index (χ1v) is 5.82. The molecular weight excluding hydrogens is 292 g/mol. The molecule has 0 spiro atoms. The Hall–Kier alpha value is -1.14. The van der Waals surface area contributed by atoms with Gasteiger partial charge in [-0.3, -0.25) is 0 Å². The van der Waals surface area contributed by atoms with Gasteiger partial charge in [-0.15, -0.1) is 0 Å². The molecule has 0 radical (unpaired) electrons. The lowest BCUT2D eigenvalue weighted by Gasteiger charge is -2.11. The summed E-state index contributed by atoms with van der Waals surface area (Å²) in [5.74, 6) is -0.968. The van der Waals surface area contributed by atoms with Crippen LogP contribution >= 0.6 is 28.1 Å². The largest absolute Gasteiger partial charge is 0.478 e. The summed E-state index contributed by atoms with van der Waals surface area (Å²) in [6.45, 7) is 2.64. The van der Waals surface area contributed by atoms with Crippen molar-refractivity contribution in [2.75, 3.05) is 11.9 Å². The molecule has 3 N–H and O–H groups in total. The van der Waals surface area contributed by atoms with Gasteiger partial charge < -0.3 is 15.7 Å². The van der Waals surface area contributed by atoms with Gasteiger partial charge in [-0.05, 0) is 53.3 Å². The molecule has 4 nitrogen and oxygen atoms in total. The molecule has 0 atom stereocenters. The summed E-state index contributed by atoms with van der Waals surface area (Å²) < 4.78 is 0.762. The number of nitrogens with one attached hydrogen (secondary N) is 2. The maximum absolute atomic E-state index is 10.8. The number of carboxylic acid groups (broad SMARTS) is 1. The van der Waals surface area contributed by atoms with Crippen molar-refractivity contribution < 1.29 is 9.90 Å². The standard InChI is InChI=1S/C10H11BrN2O2S/c1-2-12-10(16)13-8-5-6(9(14)15)3-4-7(8)11/h3-5H,2H2,1H3,(H,14,15)(H2,12,13,16). The van der Waals surface area contributed by atoms with Crippen LogP contribution in [0.5, 0.6) is 0 Å². The number of rotatable bonds is 3. The minimum absolute atomic E-state index is 0.213. The van der Waals surface area contributed by atoms with Crippen LogP contribution in [-0.4, -0.2) is 22.7 Å². The fraction of sp³-hybridized carbons (Fsp3) is 0.200. The maximum Gasteiger partial charge on any atom is 0.335 e. The van der Waals surface area contributed by atoms with Crippen molar-refractivity contribution in [1.82, 2.24) is 5.32 Å². The second-order valence-electron chi connectivity index (χ2n) is 2.98. The molecule has 0 saturated carbocycles. The van der Waals surface area contributed by atoms with Gasteiger partial charge >= 0.3 is 5.97 Å². The van der Waals surface area contributed by atoms with E-state index in [1.54, 1.807) is 6.07 Å². The van der Waals surface area contributed by atoms with Gasteiger partial charge in [0.05, 0.1) is 11.3 Å². The van der Waals surface area contributed by atoms with Crippen molar-refractivity contribution in [2.45, 2.75) is 6.92 Å². The predicted octanol–water partition coefficient (Wildman–Crippen LogP) is 2.45. The van der Waals surface area contributed by atoms with Crippen LogP contribution in [0.1, 0.15) is 17.3 Å². The van der Waals surface area contributed by atoms with E-state index in [0.29, 0.717) is 17.3 Å². The number of carbonyl (C=O) groups is 1. The third-order valence-electron chi connectivity index (χ3n) is 1.80. The third kappa shape index (κ3) is 3.46. The molecule has 0 aromatic heterocycles. The van der Waals surface area contributed by atoms with Crippen LogP contribution in [0, 0.1) is 0 Å². The van der Waals surface area contributed by atoms with Crippen LogP contribution in [0.25, 0.3) is 0 Å². The van der Waals surface area contributed by atoms with Crippen molar-refractivity contribution >= 4 is 44.9 Å². The van der Waals surface area contributed by atoms with Crippen LogP contribution in [-0.2, 0) is 0 Å². The first kappa shape index (κ1) is 12.9. The second-order valence-corrected chi connectivity index (χ2v) is 4.25. The van der Waals surface area contributed by atoms with Crippen LogP contribution in [0.4, 0.5) is 5.69 Å². The Labute approximate surface area is 107 Å². The van der Waals surface area contributed by atoms with E-state index < -0.39 is 5.97 Å². The highest BCUT2D eigenvalue weighted by Crippen LogP contribution is 2.23. The Balaban J connectivity index is 2.90. The lowest BCUT2D eigenvalue weighted by Crippen LogP contribution is -2.28. The molecule has 6 heteroatoms. The lowest BCUT2D eigenvalue weighted by molar-refractivity contribution is 0.0697. The minimum atomic E-state index is -0.968. The molecule has 0 aliphatic heterocycles. The van der Waals surface area contributed by atoms with Crippen LogP contribution in [0.2, 0.25) is 0 Å². The van der Waals surface area contributed by atoms with E-state index in [0.717, 1.165) is 4.47 Å². The SMILES string of the molecule is CCNC(=S)Nc1cc(C(=O)O)ccc1Br. The zero-order chi connectivity index (χ0) is 12.1. The molecule has 0 fully saturated rings. The van der Waals surface area contributed by atoms with E-state index in [-0.39, 0.29) is 5.56 Å². The number of halogens is 1. The van der Waals surface area contributed by atoms with E-state index >= 15 is 0 Å². The monoisotopic (exact) mass is 302 g/mol. The Bertz CT molecular complexity index is 423. The molecule has 0 heterocycles. The number of benzene rings is 1.